The third-order valence-corrected chi connectivity index (χ3v) is 5.82. The van der Waals surface area contributed by atoms with Gasteiger partial charge in [0.15, 0.2) is 0 Å². The van der Waals surface area contributed by atoms with Gasteiger partial charge < -0.3 is 19.6 Å². The van der Waals surface area contributed by atoms with Crippen LogP contribution in [0.15, 0.2) is 72.8 Å². The number of aromatic nitrogens is 2. The number of fused-ring (bicyclic) bond motifs is 1. The molecule has 1 atom stereocenters. The van der Waals surface area contributed by atoms with Gasteiger partial charge in [-0.05, 0) is 43.5 Å². The third-order valence-electron chi connectivity index (χ3n) is 5.82. The van der Waals surface area contributed by atoms with Gasteiger partial charge in [0.1, 0.15) is 0 Å². The molecule has 0 aliphatic rings. The maximum Gasteiger partial charge on any atom is 0.404 e. The number of para-hydroxylation sites is 2. The van der Waals surface area contributed by atoms with Crippen molar-refractivity contribution in [1.82, 2.24) is 14.5 Å². The van der Waals surface area contributed by atoms with E-state index in [1.165, 1.54) is 11.1 Å². The Morgan fingerprint density at radius 3 is 2.06 bits per heavy atom. The predicted molar refractivity (Wildman–Crippen MR) is 126 cm³/mol. The summed E-state index contributed by atoms with van der Waals surface area (Å²) in [4.78, 5) is 11.3. The molecule has 32 heavy (non-hydrogen) atoms. The summed E-state index contributed by atoms with van der Waals surface area (Å²) in [5.41, 5.74) is 6.85. The summed E-state index contributed by atoms with van der Waals surface area (Å²) in [6, 6.07) is 24.3. The van der Waals surface area contributed by atoms with Crippen LogP contribution in [0.5, 0.6) is 0 Å². The first-order valence-electron chi connectivity index (χ1n) is 10.7. The number of benzene rings is 3. The van der Waals surface area contributed by atoms with Gasteiger partial charge in [-0.1, -0.05) is 71.8 Å². The van der Waals surface area contributed by atoms with E-state index in [1.54, 1.807) is 0 Å². The lowest BCUT2D eigenvalue weighted by Gasteiger charge is -2.20. The number of carboxylic acid groups (broad SMARTS) is 1. The second-order valence-electron chi connectivity index (χ2n) is 8.28. The number of carbonyl (C=O) groups is 1. The van der Waals surface area contributed by atoms with Gasteiger partial charge in [-0.2, -0.15) is 0 Å². The first-order chi connectivity index (χ1) is 15.4. The Morgan fingerprint density at radius 1 is 0.906 bits per heavy atom. The van der Waals surface area contributed by atoms with Crippen LogP contribution in [0.2, 0.25) is 0 Å². The van der Waals surface area contributed by atoms with Crippen LogP contribution in [-0.2, 0) is 13.0 Å². The fourth-order valence-corrected chi connectivity index (χ4v) is 4.12. The highest BCUT2D eigenvalue weighted by atomic mass is 16.4. The topological polar surface area (TPSA) is 83.0 Å². The van der Waals surface area contributed by atoms with Crippen molar-refractivity contribution in [2.75, 3.05) is 6.54 Å². The van der Waals surface area contributed by atoms with E-state index in [0.717, 1.165) is 22.2 Å². The second-order valence-corrected chi connectivity index (χ2v) is 8.28. The van der Waals surface area contributed by atoms with E-state index in [2.05, 4.69) is 60.8 Å². The molecule has 0 aliphatic carbocycles. The van der Waals surface area contributed by atoms with Crippen LogP contribution in [0.3, 0.4) is 0 Å². The van der Waals surface area contributed by atoms with Crippen molar-refractivity contribution < 1.29 is 9.90 Å². The van der Waals surface area contributed by atoms with Crippen LogP contribution in [0, 0.1) is 19.3 Å². The number of hydrogen-bond donors (Lipinski definition) is 3. The molecule has 4 rings (SSSR count). The smallest absolute Gasteiger partial charge is 0.404 e. The van der Waals surface area contributed by atoms with E-state index in [4.69, 9.17) is 5.41 Å². The van der Waals surface area contributed by atoms with Crippen molar-refractivity contribution in [3.05, 3.63) is 101 Å². The lowest BCUT2D eigenvalue weighted by Crippen LogP contribution is -2.36. The van der Waals surface area contributed by atoms with E-state index in [0.29, 0.717) is 18.6 Å². The number of imidazole rings is 1. The zero-order valence-corrected chi connectivity index (χ0v) is 18.4. The zero-order chi connectivity index (χ0) is 22.7. The molecule has 4 aromatic rings. The minimum Gasteiger partial charge on any atom is -0.465 e. The van der Waals surface area contributed by atoms with Crippen molar-refractivity contribution in [2.24, 2.45) is 0 Å². The van der Waals surface area contributed by atoms with Gasteiger partial charge >= 0.3 is 6.09 Å². The van der Waals surface area contributed by atoms with Crippen molar-refractivity contribution in [3.63, 3.8) is 0 Å². The normalized spacial score (nSPS) is 12.1. The quantitative estimate of drug-likeness (QED) is 0.401. The number of rotatable bonds is 7. The summed E-state index contributed by atoms with van der Waals surface area (Å²) in [5, 5.41) is 20.8. The summed E-state index contributed by atoms with van der Waals surface area (Å²) in [7, 11) is 0. The summed E-state index contributed by atoms with van der Waals surface area (Å²) >= 11 is 0. The van der Waals surface area contributed by atoms with Crippen molar-refractivity contribution in [3.8, 4) is 0 Å². The van der Waals surface area contributed by atoms with E-state index < -0.39 is 6.09 Å². The molecule has 0 saturated carbocycles. The molecule has 1 amide bonds. The van der Waals surface area contributed by atoms with Gasteiger partial charge in [0.2, 0.25) is 5.62 Å². The molecule has 0 radical (unpaired) electrons. The van der Waals surface area contributed by atoms with Crippen LogP contribution in [0.4, 0.5) is 4.79 Å². The molecule has 1 unspecified atom stereocenters. The molecule has 0 aliphatic heterocycles. The maximum absolute atomic E-state index is 11.3. The molecule has 0 spiro atoms. The fraction of sp³-hybridized carbons (Fsp3) is 0.231. The largest absolute Gasteiger partial charge is 0.465 e. The number of amides is 1. The number of hydrogen-bond acceptors (Lipinski definition) is 2. The lowest BCUT2D eigenvalue weighted by atomic mass is 10.0. The molecule has 0 fully saturated rings. The molecule has 0 bridgehead atoms. The number of nitrogens with one attached hydrogen (secondary N) is 2. The highest BCUT2D eigenvalue weighted by Crippen LogP contribution is 2.21. The van der Waals surface area contributed by atoms with Gasteiger partial charge in [-0.3, -0.25) is 5.41 Å². The van der Waals surface area contributed by atoms with Gasteiger partial charge in [-0.25, -0.2) is 4.79 Å². The monoisotopic (exact) mass is 428 g/mol. The van der Waals surface area contributed by atoms with Crippen molar-refractivity contribution in [2.45, 2.75) is 32.9 Å². The average molecular weight is 429 g/mol. The van der Waals surface area contributed by atoms with Crippen molar-refractivity contribution in [1.29, 1.82) is 5.41 Å². The molecule has 6 heteroatoms. The molecule has 1 aromatic heterocycles. The first-order valence-corrected chi connectivity index (χ1v) is 10.7. The lowest BCUT2D eigenvalue weighted by molar-refractivity contribution is 0.192. The van der Waals surface area contributed by atoms with Crippen LogP contribution in [0.1, 0.15) is 28.3 Å². The van der Waals surface area contributed by atoms with Gasteiger partial charge in [0.05, 0.1) is 23.6 Å². The highest BCUT2D eigenvalue weighted by Gasteiger charge is 2.20. The fourth-order valence-electron chi connectivity index (χ4n) is 4.12. The Kier molecular flexibility index (Phi) is 6.12. The highest BCUT2D eigenvalue weighted by molar-refractivity contribution is 5.76. The van der Waals surface area contributed by atoms with E-state index in [9.17, 15) is 9.90 Å². The Morgan fingerprint density at radius 2 is 1.47 bits per heavy atom. The van der Waals surface area contributed by atoms with Crippen LogP contribution < -0.4 is 10.9 Å². The van der Waals surface area contributed by atoms with Gasteiger partial charge in [0, 0.05) is 6.54 Å². The molecule has 1 heterocycles. The number of aryl methyl sites for hydroxylation is 2. The molecule has 164 valence electrons. The van der Waals surface area contributed by atoms with E-state index >= 15 is 0 Å². The molecule has 3 N–H and O–H groups in total. The molecule has 3 aromatic carbocycles. The number of nitrogens with zero attached hydrogens (tertiary/aromatic N) is 2. The minimum absolute atomic E-state index is 0.221. The average Bonchev–Trinajstić information content (AvgIpc) is 3.05. The Hall–Kier alpha value is -3.80. The predicted octanol–water partition coefficient (Wildman–Crippen LogP) is 4.64. The van der Waals surface area contributed by atoms with E-state index in [1.807, 2.05) is 40.3 Å². The van der Waals surface area contributed by atoms with Crippen LogP contribution in [0.25, 0.3) is 11.0 Å². The molecular formula is C26H28N4O2. The Labute approximate surface area is 187 Å². The first kappa shape index (κ1) is 21.4. The summed E-state index contributed by atoms with van der Waals surface area (Å²) in [6.07, 6.45) is -0.440. The van der Waals surface area contributed by atoms with Crippen LogP contribution >= 0.6 is 0 Å². The van der Waals surface area contributed by atoms with Gasteiger partial charge in [-0.15, -0.1) is 0 Å². The molecule has 0 saturated heterocycles. The standard InChI is InChI=1S/C26H28N4O2/c1-18-7-11-20(12-8-18)15-22(16-28-26(31)32)30-24-6-4-3-5-23(24)29(25(30)27)17-21-13-9-19(2)10-14-21/h3-14,22,27-28H,15-17H2,1-2H3,(H,31,32). The summed E-state index contributed by atoms with van der Waals surface area (Å²) in [6.45, 7) is 4.90. The SMILES string of the molecule is Cc1ccc(CC(CNC(=O)O)n2c(=N)n(Cc3ccc(C)cc3)c3ccccc32)cc1. The summed E-state index contributed by atoms with van der Waals surface area (Å²) < 4.78 is 3.95. The minimum atomic E-state index is -1.06. The van der Waals surface area contributed by atoms with Crippen molar-refractivity contribution >= 4 is 17.1 Å². The Bertz CT molecular complexity index is 1280. The molecule has 6 nitrogen and oxygen atoms in total. The van der Waals surface area contributed by atoms with Gasteiger partial charge in [0.25, 0.3) is 0 Å². The Balaban J connectivity index is 1.79. The second kappa shape index (κ2) is 9.14. The third kappa shape index (κ3) is 4.59. The zero-order valence-electron chi connectivity index (χ0n) is 18.4. The molecular weight excluding hydrogens is 400 g/mol. The van der Waals surface area contributed by atoms with Crippen LogP contribution in [-0.4, -0.2) is 26.9 Å². The summed E-state index contributed by atoms with van der Waals surface area (Å²) in [5.74, 6) is 0. The van der Waals surface area contributed by atoms with E-state index in [-0.39, 0.29) is 12.6 Å². The maximum atomic E-state index is 11.3.